The summed E-state index contributed by atoms with van der Waals surface area (Å²) in [6.45, 7) is 4.51. The molecule has 156 valence electrons. The second-order valence-electron chi connectivity index (χ2n) is 8.34. The molecule has 1 amide bonds. The number of carbonyl (C=O) groups excluding carboxylic acids is 1. The minimum atomic E-state index is -0.620. The maximum Gasteiger partial charge on any atom is 0.339 e. The van der Waals surface area contributed by atoms with Gasteiger partial charge in [0.2, 0.25) is 0 Å². The van der Waals surface area contributed by atoms with Crippen LogP contribution >= 0.6 is 11.6 Å². The average molecular weight is 420 g/mol. The van der Waals surface area contributed by atoms with Crippen LogP contribution in [-0.2, 0) is 4.79 Å². The standard InChI is InChI=1S/C22H26ClNO5/c1-13-14(2)21(26)29-18-10-19(17(23)9-16(13)18)28-12-20(25)24-8-7-22(27)6-4-3-5-15(22)11-24/h9-10,15,27H,3-8,11-12H2,1-2H3/t15-,22+/m0/s1. The summed E-state index contributed by atoms with van der Waals surface area (Å²) >= 11 is 6.34. The first-order chi connectivity index (χ1) is 13.8. The lowest BCUT2D eigenvalue weighted by molar-refractivity contribution is -0.145. The molecule has 1 N–H and O–H groups in total. The van der Waals surface area contributed by atoms with Crippen molar-refractivity contribution in [2.45, 2.75) is 51.6 Å². The summed E-state index contributed by atoms with van der Waals surface area (Å²) in [5.41, 5.74) is 0.729. The largest absolute Gasteiger partial charge is 0.482 e. The van der Waals surface area contributed by atoms with Gasteiger partial charge in [0.15, 0.2) is 6.61 Å². The Balaban J connectivity index is 1.47. The van der Waals surface area contributed by atoms with Crippen LogP contribution in [0.4, 0.5) is 0 Å². The molecular formula is C22H26ClNO5. The molecule has 2 atom stereocenters. The van der Waals surface area contributed by atoms with Gasteiger partial charge in [-0.2, -0.15) is 0 Å². The van der Waals surface area contributed by atoms with E-state index in [0.29, 0.717) is 41.4 Å². The van der Waals surface area contributed by atoms with Crippen LogP contribution in [-0.4, -0.2) is 41.2 Å². The van der Waals surface area contributed by atoms with E-state index in [1.165, 1.54) is 0 Å². The van der Waals surface area contributed by atoms with Gasteiger partial charge in [-0.05, 0) is 44.7 Å². The monoisotopic (exact) mass is 419 g/mol. The predicted octanol–water partition coefficient (Wildman–Crippen LogP) is 3.60. The predicted molar refractivity (Wildman–Crippen MR) is 111 cm³/mol. The highest BCUT2D eigenvalue weighted by Crippen LogP contribution is 2.40. The summed E-state index contributed by atoms with van der Waals surface area (Å²) in [4.78, 5) is 26.4. The van der Waals surface area contributed by atoms with Crippen LogP contribution in [0.5, 0.6) is 5.75 Å². The van der Waals surface area contributed by atoms with Crippen LogP contribution in [0.1, 0.15) is 43.2 Å². The first-order valence-corrected chi connectivity index (χ1v) is 10.5. The molecule has 2 heterocycles. The highest BCUT2D eigenvalue weighted by atomic mass is 35.5. The third-order valence-corrected chi connectivity index (χ3v) is 6.94. The number of likely N-dealkylation sites (tertiary alicyclic amines) is 1. The molecule has 7 heteroatoms. The zero-order chi connectivity index (χ0) is 20.8. The smallest absolute Gasteiger partial charge is 0.339 e. The fourth-order valence-corrected chi connectivity index (χ4v) is 4.80. The highest BCUT2D eigenvalue weighted by molar-refractivity contribution is 6.32. The van der Waals surface area contributed by atoms with Crippen LogP contribution in [0, 0.1) is 19.8 Å². The Morgan fingerprint density at radius 3 is 2.90 bits per heavy atom. The summed E-state index contributed by atoms with van der Waals surface area (Å²) in [6, 6.07) is 3.26. The van der Waals surface area contributed by atoms with Crippen LogP contribution in [0.3, 0.4) is 0 Å². The number of aryl methyl sites for hydroxylation is 1. The SMILES string of the molecule is Cc1c(C)c2cc(Cl)c(OCC(=O)N3CC[C@]4(O)CCCC[C@H]4C3)cc2oc1=O. The zero-order valence-corrected chi connectivity index (χ0v) is 17.6. The molecule has 0 radical (unpaired) electrons. The van der Waals surface area contributed by atoms with E-state index in [4.69, 9.17) is 20.8 Å². The molecule has 0 unspecified atom stereocenters. The van der Waals surface area contributed by atoms with Crippen molar-refractivity contribution < 1.29 is 19.1 Å². The number of aliphatic hydroxyl groups is 1. The van der Waals surface area contributed by atoms with Crippen LogP contribution in [0.2, 0.25) is 5.02 Å². The maximum atomic E-state index is 12.7. The fraction of sp³-hybridized carbons (Fsp3) is 0.545. The average Bonchev–Trinajstić information content (AvgIpc) is 2.70. The molecular weight excluding hydrogens is 394 g/mol. The van der Waals surface area contributed by atoms with Crippen LogP contribution in [0.15, 0.2) is 21.3 Å². The lowest BCUT2D eigenvalue weighted by Gasteiger charge is -2.47. The number of rotatable bonds is 3. The normalized spacial score (nSPS) is 24.4. The molecule has 4 rings (SSSR count). The molecule has 2 aliphatic rings. The number of nitrogens with zero attached hydrogens (tertiary/aromatic N) is 1. The van der Waals surface area contributed by atoms with Crippen molar-refractivity contribution in [3.8, 4) is 5.75 Å². The summed E-state index contributed by atoms with van der Waals surface area (Å²) in [5.74, 6) is 0.319. The first-order valence-electron chi connectivity index (χ1n) is 10.1. The molecule has 1 aromatic carbocycles. The summed E-state index contributed by atoms with van der Waals surface area (Å²) < 4.78 is 11.0. The molecule has 0 bridgehead atoms. The third-order valence-electron chi connectivity index (χ3n) is 6.64. The van der Waals surface area contributed by atoms with Gasteiger partial charge in [-0.3, -0.25) is 4.79 Å². The van der Waals surface area contributed by atoms with E-state index in [0.717, 1.165) is 36.6 Å². The number of fused-ring (bicyclic) bond motifs is 2. The van der Waals surface area contributed by atoms with Gasteiger partial charge in [-0.1, -0.05) is 24.4 Å². The number of ether oxygens (including phenoxy) is 1. The van der Waals surface area contributed by atoms with E-state index in [9.17, 15) is 14.7 Å². The third kappa shape index (κ3) is 3.76. The van der Waals surface area contributed by atoms with E-state index in [1.807, 2.05) is 6.92 Å². The second-order valence-corrected chi connectivity index (χ2v) is 8.75. The number of hydrogen-bond acceptors (Lipinski definition) is 5. The van der Waals surface area contributed by atoms with Gasteiger partial charge in [-0.15, -0.1) is 0 Å². The second kappa shape index (κ2) is 7.65. The Labute approximate surface area is 174 Å². The molecule has 1 aromatic heterocycles. The van der Waals surface area contributed by atoms with E-state index in [-0.39, 0.29) is 18.4 Å². The topological polar surface area (TPSA) is 80.0 Å². The molecule has 1 saturated carbocycles. The van der Waals surface area contributed by atoms with E-state index in [1.54, 1.807) is 24.0 Å². The zero-order valence-electron chi connectivity index (χ0n) is 16.8. The number of hydrogen-bond donors (Lipinski definition) is 1. The van der Waals surface area contributed by atoms with Gasteiger partial charge in [0.1, 0.15) is 11.3 Å². The van der Waals surface area contributed by atoms with Crippen molar-refractivity contribution in [1.82, 2.24) is 4.90 Å². The molecule has 29 heavy (non-hydrogen) atoms. The molecule has 1 aliphatic heterocycles. The van der Waals surface area contributed by atoms with Gasteiger partial charge in [0.25, 0.3) is 5.91 Å². The number of benzene rings is 1. The van der Waals surface area contributed by atoms with Gasteiger partial charge in [0, 0.05) is 36.0 Å². The quantitative estimate of drug-likeness (QED) is 0.769. The van der Waals surface area contributed by atoms with Crippen molar-refractivity contribution in [2.24, 2.45) is 5.92 Å². The van der Waals surface area contributed by atoms with Gasteiger partial charge < -0.3 is 19.2 Å². The van der Waals surface area contributed by atoms with Crippen molar-refractivity contribution >= 4 is 28.5 Å². The van der Waals surface area contributed by atoms with Crippen molar-refractivity contribution in [3.05, 3.63) is 38.7 Å². The maximum absolute atomic E-state index is 12.7. The minimum absolute atomic E-state index is 0.129. The van der Waals surface area contributed by atoms with Gasteiger partial charge >= 0.3 is 5.63 Å². The van der Waals surface area contributed by atoms with Crippen LogP contribution < -0.4 is 10.4 Å². The van der Waals surface area contributed by atoms with E-state index in [2.05, 4.69) is 0 Å². The summed E-state index contributed by atoms with van der Waals surface area (Å²) in [5, 5.41) is 11.9. The van der Waals surface area contributed by atoms with Crippen molar-refractivity contribution in [2.75, 3.05) is 19.7 Å². The fourth-order valence-electron chi connectivity index (χ4n) is 4.58. The Morgan fingerprint density at radius 2 is 2.10 bits per heavy atom. The Bertz CT molecular complexity index is 1020. The lowest BCUT2D eigenvalue weighted by atomic mass is 9.71. The Morgan fingerprint density at radius 1 is 1.31 bits per heavy atom. The minimum Gasteiger partial charge on any atom is -0.482 e. The first kappa shape index (κ1) is 20.2. The van der Waals surface area contributed by atoms with Gasteiger partial charge in [-0.25, -0.2) is 4.79 Å². The molecule has 1 saturated heterocycles. The number of piperidine rings is 1. The van der Waals surface area contributed by atoms with Gasteiger partial charge in [0.05, 0.1) is 10.6 Å². The number of carbonyl (C=O) groups is 1. The number of halogens is 1. The van der Waals surface area contributed by atoms with Crippen LogP contribution in [0.25, 0.3) is 11.0 Å². The Kier molecular flexibility index (Phi) is 5.34. The van der Waals surface area contributed by atoms with E-state index < -0.39 is 11.2 Å². The molecule has 2 fully saturated rings. The Hall–Kier alpha value is -2.05. The summed E-state index contributed by atoms with van der Waals surface area (Å²) in [7, 11) is 0. The lowest BCUT2D eigenvalue weighted by Crippen LogP contribution is -2.55. The highest BCUT2D eigenvalue weighted by Gasteiger charge is 2.43. The molecule has 6 nitrogen and oxygen atoms in total. The molecule has 1 aliphatic carbocycles. The van der Waals surface area contributed by atoms with Crippen molar-refractivity contribution in [3.63, 3.8) is 0 Å². The van der Waals surface area contributed by atoms with Crippen molar-refractivity contribution in [1.29, 1.82) is 0 Å². The number of amides is 1. The molecule has 0 spiro atoms. The summed E-state index contributed by atoms with van der Waals surface area (Å²) in [6.07, 6.45) is 4.55. The molecule has 2 aromatic rings. The van der Waals surface area contributed by atoms with E-state index >= 15 is 0 Å².